The Labute approximate surface area is 110 Å². The Morgan fingerprint density at radius 3 is 2.68 bits per heavy atom. The van der Waals surface area contributed by atoms with Crippen molar-refractivity contribution in [1.29, 1.82) is 0 Å². The van der Waals surface area contributed by atoms with Gasteiger partial charge in [-0.15, -0.1) is 0 Å². The highest BCUT2D eigenvalue weighted by Gasteiger charge is 2.31. The summed E-state index contributed by atoms with van der Waals surface area (Å²) in [6, 6.07) is 6.26. The fraction of sp³-hybridized carbons (Fsp3) is 0.308. The van der Waals surface area contributed by atoms with Gasteiger partial charge in [0.15, 0.2) is 0 Å². The summed E-state index contributed by atoms with van der Waals surface area (Å²) in [6.45, 7) is 0. The Balaban J connectivity index is 2.10. The molecule has 1 atom stereocenters. The number of carbonyl (C=O) groups is 3. The summed E-state index contributed by atoms with van der Waals surface area (Å²) in [5.74, 6) is -1.18. The van der Waals surface area contributed by atoms with Crippen LogP contribution in [0.2, 0.25) is 0 Å². The molecule has 0 spiro atoms. The van der Waals surface area contributed by atoms with Crippen LogP contribution in [0, 0.1) is 0 Å². The number of hydrogen-bond acceptors (Lipinski definition) is 4. The lowest BCUT2D eigenvalue weighted by Crippen LogP contribution is -2.40. The summed E-state index contributed by atoms with van der Waals surface area (Å²) >= 11 is 0. The Morgan fingerprint density at radius 2 is 2.11 bits per heavy atom. The zero-order valence-corrected chi connectivity index (χ0v) is 10.8. The van der Waals surface area contributed by atoms with Crippen LogP contribution in [0.4, 0.5) is 5.69 Å². The van der Waals surface area contributed by atoms with Gasteiger partial charge in [0.25, 0.3) is 5.91 Å². The third kappa shape index (κ3) is 2.90. The topological polar surface area (TPSA) is 78.5 Å². The van der Waals surface area contributed by atoms with Crippen LogP contribution >= 0.6 is 0 Å². The highest BCUT2D eigenvalue weighted by molar-refractivity contribution is 6.08. The molecule has 1 aromatic carbocycles. The molecule has 0 aliphatic carbocycles. The molecule has 0 bridgehead atoms. The van der Waals surface area contributed by atoms with Crippen molar-refractivity contribution < 1.29 is 14.4 Å². The van der Waals surface area contributed by atoms with Crippen LogP contribution in [0.1, 0.15) is 16.8 Å². The fourth-order valence-electron chi connectivity index (χ4n) is 1.84. The van der Waals surface area contributed by atoms with Gasteiger partial charge < -0.3 is 10.2 Å². The van der Waals surface area contributed by atoms with Crippen LogP contribution < -0.4 is 15.5 Å². The number of nitrogens with zero attached hydrogens (tertiary/aromatic N) is 1. The van der Waals surface area contributed by atoms with Gasteiger partial charge in [0, 0.05) is 25.3 Å². The number of benzene rings is 1. The van der Waals surface area contributed by atoms with Crippen molar-refractivity contribution in [1.82, 2.24) is 10.6 Å². The van der Waals surface area contributed by atoms with Crippen LogP contribution in [-0.2, 0) is 9.59 Å². The fourth-order valence-corrected chi connectivity index (χ4v) is 1.84. The summed E-state index contributed by atoms with van der Waals surface area (Å²) in [5.41, 5.74) is 1.35. The van der Waals surface area contributed by atoms with Gasteiger partial charge in [-0.2, -0.15) is 0 Å². The Bertz CT molecular complexity index is 540. The first-order chi connectivity index (χ1) is 8.97. The van der Waals surface area contributed by atoms with Crippen molar-refractivity contribution in [2.45, 2.75) is 12.5 Å². The largest absolute Gasteiger partial charge is 0.378 e. The standard InChI is InChI=1S/C13H15N3O3/c1-16(2)9-5-3-4-8(6-9)12(18)14-10-7-11(17)15-13(10)19/h3-6,10H,7H2,1-2H3,(H,14,18)(H,15,17,19). The Morgan fingerprint density at radius 1 is 1.37 bits per heavy atom. The van der Waals surface area contributed by atoms with Gasteiger partial charge in [-0.1, -0.05) is 6.07 Å². The molecule has 1 aliphatic rings. The molecule has 6 nitrogen and oxygen atoms in total. The lowest BCUT2D eigenvalue weighted by atomic mass is 10.1. The summed E-state index contributed by atoms with van der Waals surface area (Å²) in [6.07, 6.45) is -0.00204. The molecule has 0 radical (unpaired) electrons. The highest BCUT2D eigenvalue weighted by Crippen LogP contribution is 2.14. The minimum atomic E-state index is -0.775. The van der Waals surface area contributed by atoms with Crippen molar-refractivity contribution in [3.63, 3.8) is 0 Å². The number of carbonyl (C=O) groups excluding carboxylic acids is 3. The lowest BCUT2D eigenvalue weighted by Gasteiger charge is -2.14. The van der Waals surface area contributed by atoms with Gasteiger partial charge in [-0.25, -0.2) is 0 Å². The Kier molecular flexibility index (Phi) is 3.50. The average molecular weight is 261 g/mol. The number of amides is 3. The second kappa shape index (κ2) is 5.09. The van der Waals surface area contributed by atoms with Crippen LogP contribution in [0.25, 0.3) is 0 Å². The summed E-state index contributed by atoms with van der Waals surface area (Å²) in [7, 11) is 3.75. The van der Waals surface area contributed by atoms with E-state index in [4.69, 9.17) is 0 Å². The van der Waals surface area contributed by atoms with E-state index < -0.39 is 11.9 Å². The first-order valence-electron chi connectivity index (χ1n) is 5.89. The van der Waals surface area contributed by atoms with E-state index in [0.29, 0.717) is 5.56 Å². The molecular weight excluding hydrogens is 246 g/mol. The number of imide groups is 1. The summed E-state index contributed by atoms with van der Waals surface area (Å²) in [5, 5.41) is 4.70. The van der Waals surface area contributed by atoms with Crippen molar-refractivity contribution in [3.8, 4) is 0 Å². The zero-order chi connectivity index (χ0) is 14.0. The molecule has 1 unspecified atom stereocenters. The van der Waals surface area contributed by atoms with Crippen molar-refractivity contribution in [3.05, 3.63) is 29.8 Å². The minimum absolute atomic E-state index is 0.00204. The van der Waals surface area contributed by atoms with E-state index >= 15 is 0 Å². The molecule has 1 aromatic rings. The monoisotopic (exact) mass is 261 g/mol. The third-order valence-corrected chi connectivity index (χ3v) is 2.90. The van der Waals surface area contributed by atoms with Gasteiger partial charge in [0.1, 0.15) is 6.04 Å². The second-order valence-corrected chi connectivity index (χ2v) is 4.59. The maximum absolute atomic E-state index is 12.0. The van der Waals surface area contributed by atoms with Crippen LogP contribution in [0.3, 0.4) is 0 Å². The zero-order valence-electron chi connectivity index (χ0n) is 10.8. The van der Waals surface area contributed by atoms with Gasteiger partial charge in [-0.05, 0) is 18.2 Å². The van der Waals surface area contributed by atoms with Crippen molar-refractivity contribution >= 4 is 23.4 Å². The smallest absolute Gasteiger partial charge is 0.252 e. The van der Waals surface area contributed by atoms with Gasteiger partial charge >= 0.3 is 0 Å². The minimum Gasteiger partial charge on any atom is -0.378 e. The van der Waals surface area contributed by atoms with Crippen LogP contribution in [0.15, 0.2) is 24.3 Å². The predicted molar refractivity (Wildman–Crippen MR) is 69.8 cm³/mol. The quantitative estimate of drug-likeness (QED) is 0.745. The molecule has 0 aromatic heterocycles. The normalized spacial score (nSPS) is 18.1. The van der Waals surface area contributed by atoms with E-state index in [0.717, 1.165) is 5.69 Å². The molecular formula is C13H15N3O3. The molecule has 1 aliphatic heterocycles. The third-order valence-electron chi connectivity index (χ3n) is 2.90. The van der Waals surface area contributed by atoms with Crippen LogP contribution in [0.5, 0.6) is 0 Å². The lowest BCUT2D eigenvalue weighted by molar-refractivity contribution is -0.125. The van der Waals surface area contributed by atoms with E-state index in [1.165, 1.54) is 0 Å². The second-order valence-electron chi connectivity index (χ2n) is 4.59. The molecule has 1 heterocycles. The molecule has 100 valence electrons. The molecule has 0 saturated carbocycles. The number of rotatable bonds is 3. The highest BCUT2D eigenvalue weighted by atomic mass is 16.2. The first kappa shape index (κ1) is 13.1. The number of nitrogens with one attached hydrogen (secondary N) is 2. The molecule has 1 fully saturated rings. The van der Waals surface area contributed by atoms with E-state index in [1.54, 1.807) is 18.2 Å². The van der Waals surface area contributed by atoms with E-state index in [1.807, 2.05) is 25.1 Å². The molecule has 6 heteroatoms. The van der Waals surface area contributed by atoms with Crippen LogP contribution in [-0.4, -0.2) is 37.9 Å². The predicted octanol–water partition coefficient (Wildman–Crippen LogP) is -0.102. The average Bonchev–Trinajstić information content (AvgIpc) is 2.68. The molecule has 19 heavy (non-hydrogen) atoms. The summed E-state index contributed by atoms with van der Waals surface area (Å²) < 4.78 is 0. The maximum Gasteiger partial charge on any atom is 0.252 e. The Hall–Kier alpha value is -2.37. The number of hydrogen-bond donors (Lipinski definition) is 2. The van der Waals surface area contributed by atoms with Gasteiger partial charge in [0.2, 0.25) is 11.8 Å². The van der Waals surface area contributed by atoms with E-state index in [-0.39, 0.29) is 18.2 Å². The summed E-state index contributed by atoms with van der Waals surface area (Å²) in [4.78, 5) is 36.3. The van der Waals surface area contributed by atoms with Crippen molar-refractivity contribution in [2.24, 2.45) is 0 Å². The van der Waals surface area contributed by atoms with E-state index in [9.17, 15) is 14.4 Å². The van der Waals surface area contributed by atoms with Gasteiger partial charge in [0.05, 0.1) is 6.42 Å². The van der Waals surface area contributed by atoms with Gasteiger partial charge in [-0.3, -0.25) is 19.7 Å². The first-order valence-corrected chi connectivity index (χ1v) is 5.89. The SMILES string of the molecule is CN(C)c1cccc(C(=O)NC2CC(=O)NC2=O)c1. The molecule has 2 N–H and O–H groups in total. The number of anilines is 1. The maximum atomic E-state index is 12.0. The van der Waals surface area contributed by atoms with E-state index in [2.05, 4.69) is 10.6 Å². The molecule has 2 rings (SSSR count). The molecule has 1 saturated heterocycles. The van der Waals surface area contributed by atoms with Crippen molar-refractivity contribution in [2.75, 3.05) is 19.0 Å². The molecule has 3 amide bonds.